The lowest BCUT2D eigenvalue weighted by Crippen LogP contribution is -2.28. The van der Waals surface area contributed by atoms with Crippen molar-refractivity contribution in [1.82, 2.24) is 4.90 Å². The number of benzene rings is 1. The zero-order chi connectivity index (χ0) is 15.7. The molecule has 4 heteroatoms. The normalized spacial score (nSPS) is 12.5. The highest BCUT2D eigenvalue weighted by atomic mass is 16.5. The minimum absolute atomic E-state index is 0.198. The summed E-state index contributed by atoms with van der Waals surface area (Å²) in [6.45, 7) is 10.1. The molecule has 0 saturated heterocycles. The number of ether oxygens (including phenoxy) is 2. The molecule has 0 saturated carbocycles. The van der Waals surface area contributed by atoms with Crippen LogP contribution in [0.5, 0.6) is 11.5 Å². The van der Waals surface area contributed by atoms with Gasteiger partial charge < -0.3 is 20.1 Å². The van der Waals surface area contributed by atoms with E-state index in [2.05, 4.69) is 31.7 Å². The molecule has 0 heterocycles. The summed E-state index contributed by atoms with van der Waals surface area (Å²) >= 11 is 0. The fraction of sp³-hybridized carbons (Fsp3) is 0.647. The monoisotopic (exact) mass is 294 g/mol. The van der Waals surface area contributed by atoms with Crippen LogP contribution in [0, 0.1) is 0 Å². The van der Waals surface area contributed by atoms with E-state index >= 15 is 0 Å². The number of hydrogen-bond acceptors (Lipinski definition) is 4. The first-order valence-electron chi connectivity index (χ1n) is 7.92. The largest absolute Gasteiger partial charge is 0.493 e. The van der Waals surface area contributed by atoms with E-state index in [9.17, 15) is 0 Å². The standard InChI is InChI=1S/C17H30N2O2/c1-5-15(18)12-14-8-9-16(17(13-14)20-4)21-11-10-19(6-2)7-3/h8-9,13,15H,5-7,10-12,18H2,1-4H3. The highest BCUT2D eigenvalue weighted by Crippen LogP contribution is 2.28. The molecule has 0 aromatic heterocycles. The van der Waals surface area contributed by atoms with Gasteiger partial charge in [-0.2, -0.15) is 0 Å². The zero-order valence-corrected chi connectivity index (χ0v) is 13.9. The molecule has 2 N–H and O–H groups in total. The molecule has 0 amide bonds. The second-order valence-corrected chi connectivity index (χ2v) is 5.23. The zero-order valence-electron chi connectivity index (χ0n) is 13.9. The molecule has 1 atom stereocenters. The van der Waals surface area contributed by atoms with Gasteiger partial charge in [0.25, 0.3) is 0 Å². The van der Waals surface area contributed by atoms with Crippen molar-refractivity contribution in [2.75, 3.05) is 33.4 Å². The molecule has 1 unspecified atom stereocenters. The van der Waals surface area contributed by atoms with Crippen molar-refractivity contribution in [3.05, 3.63) is 23.8 Å². The van der Waals surface area contributed by atoms with E-state index in [4.69, 9.17) is 15.2 Å². The number of likely N-dealkylation sites (N-methyl/N-ethyl adjacent to an activating group) is 1. The van der Waals surface area contributed by atoms with E-state index in [0.717, 1.165) is 44.0 Å². The van der Waals surface area contributed by atoms with Crippen molar-refractivity contribution in [2.24, 2.45) is 5.73 Å². The van der Waals surface area contributed by atoms with E-state index in [0.29, 0.717) is 6.61 Å². The summed E-state index contributed by atoms with van der Waals surface area (Å²) in [7, 11) is 1.68. The fourth-order valence-electron chi connectivity index (χ4n) is 2.23. The van der Waals surface area contributed by atoms with Gasteiger partial charge in [-0.1, -0.05) is 26.8 Å². The van der Waals surface area contributed by atoms with Crippen LogP contribution in [0.25, 0.3) is 0 Å². The van der Waals surface area contributed by atoms with Crippen LogP contribution in [0.15, 0.2) is 18.2 Å². The number of rotatable bonds is 10. The maximum Gasteiger partial charge on any atom is 0.161 e. The van der Waals surface area contributed by atoms with Gasteiger partial charge in [-0.3, -0.25) is 0 Å². The smallest absolute Gasteiger partial charge is 0.161 e. The van der Waals surface area contributed by atoms with Crippen LogP contribution in [0.3, 0.4) is 0 Å². The summed E-state index contributed by atoms with van der Waals surface area (Å²) in [6.07, 6.45) is 1.84. The molecule has 21 heavy (non-hydrogen) atoms. The Balaban J connectivity index is 2.62. The van der Waals surface area contributed by atoms with Crippen LogP contribution in [-0.4, -0.2) is 44.3 Å². The van der Waals surface area contributed by atoms with Gasteiger partial charge in [0.05, 0.1) is 7.11 Å². The Bertz CT molecular complexity index is 406. The molecule has 0 fully saturated rings. The molecule has 120 valence electrons. The molecule has 4 nitrogen and oxygen atoms in total. The van der Waals surface area contributed by atoms with Gasteiger partial charge in [0, 0.05) is 12.6 Å². The topological polar surface area (TPSA) is 47.7 Å². The van der Waals surface area contributed by atoms with Crippen molar-refractivity contribution < 1.29 is 9.47 Å². The van der Waals surface area contributed by atoms with Crippen LogP contribution >= 0.6 is 0 Å². The van der Waals surface area contributed by atoms with Gasteiger partial charge >= 0.3 is 0 Å². The van der Waals surface area contributed by atoms with Crippen LogP contribution in [0.4, 0.5) is 0 Å². The first kappa shape index (κ1) is 17.8. The average molecular weight is 294 g/mol. The van der Waals surface area contributed by atoms with Crippen molar-refractivity contribution in [3.8, 4) is 11.5 Å². The highest BCUT2D eigenvalue weighted by Gasteiger charge is 2.09. The first-order chi connectivity index (χ1) is 10.1. The Morgan fingerprint density at radius 1 is 1.14 bits per heavy atom. The van der Waals surface area contributed by atoms with Gasteiger partial charge in [0.2, 0.25) is 0 Å². The molecule has 0 bridgehead atoms. The van der Waals surface area contributed by atoms with Gasteiger partial charge in [0.15, 0.2) is 11.5 Å². The third-order valence-electron chi connectivity index (χ3n) is 3.81. The second kappa shape index (κ2) is 9.64. The predicted octanol–water partition coefficient (Wildman–Crippen LogP) is 2.70. The summed E-state index contributed by atoms with van der Waals surface area (Å²) in [6, 6.07) is 6.29. The molecule has 0 radical (unpaired) electrons. The summed E-state index contributed by atoms with van der Waals surface area (Å²) in [5.41, 5.74) is 7.19. The van der Waals surface area contributed by atoms with Crippen molar-refractivity contribution in [3.63, 3.8) is 0 Å². The summed E-state index contributed by atoms with van der Waals surface area (Å²) in [4.78, 5) is 2.33. The molecule has 0 aliphatic heterocycles. The van der Waals surface area contributed by atoms with E-state index in [1.54, 1.807) is 7.11 Å². The Morgan fingerprint density at radius 2 is 1.86 bits per heavy atom. The summed E-state index contributed by atoms with van der Waals surface area (Å²) in [5, 5.41) is 0. The maximum absolute atomic E-state index is 6.00. The van der Waals surface area contributed by atoms with Crippen LogP contribution in [0.2, 0.25) is 0 Å². The molecular formula is C17H30N2O2. The van der Waals surface area contributed by atoms with Gasteiger partial charge in [0.1, 0.15) is 6.61 Å². The molecule has 0 aliphatic rings. The summed E-state index contributed by atoms with van der Waals surface area (Å²) in [5.74, 6) is 1.59. The number of nitrogens with two attached hydrogens (primary N) is 1. The molecule has 0 spiro atoms. The van der Waals surface area contributed by atoms with Gasteiger partial charge in [-0.15, -0.1) is 0 Å². The second-order valence-electron chi connectivity index (χ2n) is 5.23. The summed E-state index contributed by atoms with van der Waals surface area (Å²) < 4.78 is 11.3. The molecule has 1 aromatic rings. The Hall–Kier alpha value is -1.26. The number of nitrogens with zero attached hydrogens (tertiary/aromatic N) is 1. The number of methoxy groups -OCH3 is 1. The minimum Gasteiger partial charge on any atom is -0.493 e. The van der Waals surface area contributed by atoms with Crippen molar-refractivity contribution >= 4 is 0 Å². The van der Waals surface area contributed by atoms with Crippen molar-refractivity contribution in [2.45, 2.75) is 39.7 Å². The van der Waals surface area contributed by atoms with Gasteiger partial charge in [-0.25, -0.2) is 0 Å². The Labute approximate surface area is 129 Å². The fourth-order valence-corrected chi connectivity index (χ4v) is 2.23. The third kappa shape index (κ3) is 5.94. The highest BCUT2D eigenvalue weighted by molar-refractivity contribution is 5.43. The van der Waals surface area contributed by atoms with Crippen LogP contribution in [0.1, 0.15) is 32.8 Å². The lowest BCUT2D eigenvalue weighted by molar-refractivity contribution is 0.217. The minimum atomic E-state index is 0.198. The first-order valence-corrected chi connectivity index (χ1v) is 7.92. The van der Waals surface area contributed by atoms with E-state index < -0.39 is 0 Å². The molecule has 1 rings (SSSR count). The average Bonchev–Trinajstić information content (AvgIpc) is 2.52. The van der Waals surface area contributed by atoms with Crippen LogP contribution < -0.4 is 15.2 Å². The molecule has 1 aromatic carbocycles. The molecule has 0 aliphatic carbocycles. The number of hydrogen-bond donors (Lipinski definition) is 1. The van der Waals surface area contributed by atoms with Gasteiger partial charge in [-0.05, 0) is 43.6 Å². The SMILES string of the molecule is CCC(N)Cc1ccc(OCCN(CC)CC)c(OC)c1. The predicted molar refractivity (Wildman–Crippen MR) is 88.2 cm³/mol. The maximum atomic E-state index is 6.00. The Morgan fingerprint density at radius 3 is 2.43 bits per heavy atom. The van der Waals surface area contributed by atoms with E-state index in [-0.39, 0.29) is 6.04 Å². The third-order valence-corrected chi connectivity index (χ3v) is 3.81. The quantitative estimate of drug-likeness (QED) is 0.721. The van der Waals surface area contributed by atoms with E-state index in [1.165, 1.54) is 5.56 Å². The van der Waals surface area contributed by atoms with Crippen molar-refractivity contribution in [1.29, 1.82) is 0 Å². The lowest BCUT2D eigenvalue weighted by Gasteiger charge is -2.19. The Kier molecular flexibility index (Phi) is 8.16. The van der Waals surface area contributed by atoms with Crippen LogP contribution in [-0.2, 0) is 6.42 Å². The lowest BCUT2D eigenvalue weighted by atomic mass is 10.0. The van der Waals surface area contributed by atoms with E-state index in [1.807, 2.05) is 12.1 Å². The molecular weight excluding hydrogens is 264 g/mol.